The molecule has 342 valence electrons. The number of benzene rings is 2. The molecule has 6 amide bonds. The van der Waals surface area contributed by atoms with Crippen LogP contribution in [0, 0.1) is 11.3 Å². The average molecular weight is 908 g/mol. The lowest BCUT2D eigenvalue weighted by Gasteiger charge is -2.43. The summed E-state index contributed by atoms with van der Waals surface area (Å²) in [5, 5.41) is 14.8. The van der Waals surface area contributed by atoms with Gasteiger partial charge in [0.2, 0.25) is 5.91 Å². The van der Waals surface area contributed by atoms with Crippen LogP contribution in [0.1, 0.15) is 86.0 Å². The van der Waals surface area contributed by atoms with E-state index in [2.05, 4.69) is 55.2 Å². The van der Waals surface area contributed by atoms with Gasteiger partial charge in [-0.1, -0.05) is 51.1 Å². The molecule has 1 fully saturated rings. The molecule has 2 aromatic rings. The lowest BCUT2D eigenvalue weighted by Crippen LogP contribution is -2.59. The summed E-state index contributed by atoms with van der Waals surface area (Å²) in [6.45, 7) is 18.5. The van der Waals surface area contributed by atoms with Crippen molar-refractivity contribution < 1.29 is 46.9 Å². The highest BCUT2D eigenvalue weighted by molar-refractivity contribution is 7.44. The van der Waals surface area contributed by atoms with Gasteiger partial charge in [0.25, 0.3) is 26.2 Å². The van der Waals surface area contributed by atoms with E-state index < -0.39 is 77.8 Å². The fourth-order valence-electron chi connectivity index (χ4n) is 7.00. The van der Waals surface area contributed by atoms with Crippen molar-refractivity contribution in [3.8, 4) is 6.07 Å². The van der Waals surface area contributed by atoms with Crippen LogP contribution < -0.4 is 10.6 Å². The molecule has 6 atom stereocenters. The van der Waals surface area contributed by atoms with Crippen molar-refractivity contribution in [2.45, 2.75) is 116 Å². The van der Waals surface area contributed by atoms with Crippen molar-refractivity contribution in [3.63, 3.8) is 0 Å². The first-order valence-electron chi connectivity index (χ1n) is 21.2. The van der Waals surface area contributed by atoms with Crippen molar-refractivity contribution in [1.29, 1.82) is 5.26 Å². The topological polar surface area (TPSA) is 192 Å². The van der Waals surface area contributed by atoms with E-state index in [1.807, 2.05) is 33.8 Å². The molecule has 0 aliphatic carbocycles. The smallest absolute Gasteiger partial charge is 0.325 e. The minimum atomic E-state index is -2.63. The molecular weight excluding hydrogens is 846 g/mol. The number of likely N-dealkylation sites (N-methyl/N-ethyl adjacent to an activating group) is 1. The number of fused-ring (bicyclic) bond motifs is 1. The van der Waals surface area contributed by atoms with Crippen LogP contribution in [0.4, 0.5) is 4.79 Å². The van der Waals surface area contributed by atoms with Crippen LogP contribution >= 0.6 is 8.53 Å². The van der Waals surface area contributed by atoms with E-state index in [4.69, 9.17) is 22.9 Å². The molecule has 2 N–H and O–H groups in total. The Morgan fingerprint density at radius 3 is 2.16 bits per heavy atom. The summed E-state index contributed by atoms with van der Waals surface area (Å²) in [5.41, 5.74) is 0.969. The predicted molar refractivity (Wildman–Crippen MR) is 238 cm³/mol. The van der Waals surface area contributed by atoms with E-state index in [0.717, 1.165) is 4.90 Å². The molecule has 3 heterocycles. The van der Waals surface area contributed by atoms with Gasteiger partial charge in [-0.3, -0.25) is 29.0 Å². The second kappa shape index (κ2) is 21.4. The summed E-state index contributed by atoms with van der Waals surface area (Å²) in [6.07, 6.45) is -1.01. The van der Waals surface area contributed by atoms with Gasteiger partial charge in [-0.25, -0.2) is 9.46 Å². The summed E-state index contributed by atoms with van der Waals surface area (Å²) in [7, 11) is -2.89. The Bertz CT molecular complexity index is 1980. The van der Waals surface area contributed by atoms with Crippen LogP contribution in [0.15, 0.2) is 66.9 Å². The third-order valence-electron chi connectivity index (χ3n) is 11.4. The summed E-state index contributed by atoms with van der Waals surface area (Å²) in [4.78, 5) is 69.8. The Labute approximate surface area is 373 Å². The highest BCUT2D eigenvalue weighted by atomic mass is 31.2. The molecule has 0 aromatic heterocycles. The van der Waals surface area contributed by atoms with E-state index >= 15 is 0 Å². The molecule has 1 saturated heterocycles. The van der Waals surface area contributed by atoms with E-state index in [1.165, 1.54) is 9.80 Å². The third-order valence-corrected chi connectivity index (χ3v) is 18.0. The SMILES string of the molecule is CC(C)N(C(C)C)P(OCCC#N)OC1[C@@H](COCCN(C)C(=O)CN2C(=O)c3ccccc3C2=O)O[C@@H](N2C=CC(NC(=O)c3ccccc3)NC2=O)[C@H]1O[Si](C)(C)C(C)(C)C. The monoisotopic (exact) mass is 907 g/mol. The number of rotatable bonds is 20. The Morgan fingerprint density at radius 1 is 0.968 bits per heavy atom. The largest absolute Gasteiger partial charge is 0.407 e. The Morgan fingerprint density at radius 2 is 1.59 bits per heavy atom. The van der Waals surface area contributed by atoms with Crippen molar-refractivity contribution >= 4 is 46.5 Å². The number of nitriles is 1. The summed E-state index contributed by atoms with van der Waals surface area (Å²) in [6, 6.07) is 16.7. The van der Waals surface area contributed by atoms with Crippen molar-refractivity contribution in [2.75, 3.05) is 40.0 Å². The van der Waals surface area contributed by atoms with Gasteiger partial charge in [-0.2, -0.15) is 5.26 Å². The first-order chi connectivity index (χ1) is 29.7. The maximum Gasteiger partial charge on any atom is 0.325 e. The first kappa shape index (κ1) is 49.4. The molecule has 0 spiro atoms. The molecule has 0 bridgehead atoms. The van der Waals surface area contributed by atoms with Crippen LogP contribution in [0.2, 0.25) is 18.1 Å². The standard InChI is InChI=1S/C44H62N7O10PSi/c1-29(2)51(30(3)4)62(58-25-16-22-45)60-37-34(28-57-26-24-48(8)36(52)27-50-40(54)32-19-14-15-20-33(32)41(50)55)59-42(38(37)61-63(9,10)44(5,6)7)49-23-21-35(47-43(49)56)46-39(53)31-17-12-11-13-18-31/h11-15,17-21,23,29-30,34-35,37-38,42H,16,24-28H2,1-10H3,(H,46,53)(H,47,56)/t34-,35?,37?,38+,42-,62?/m1/s1. The zero-order valence-corrected chi connectivity index (χ0v) is 39.8. The summed E-state index contributed by atoms with van der Waals surface area (Å²) in [5.74, 6) is -1.84. The molecular formula is C44H62N7O10PSi. The number of carbonyl (C=O) groups excluding carboxylic acids is 5. The quantitative estimate of drug-likeness (QED) is 0.0701. The molecule has 63 heavy (non-hydrogen) atoms. The van der Waals surface area contributed by atoms with Crippen LogP contribution in [0.3, 0.4) is 0 Å². The van der Waals surface area contributed by atoms with Gasteiger partial charge in [-0.15, -0.1) is 0 Å². The van der Waals surface area contributed by atoms with E-state index in [1.54, 1.807) is 67.9 Å². The van der Waals surface area contributed by atoms with Gasteiger partial charge in [0.05, 0.1) is 43.4 Å². The van der Waals surface area contributed by atoms with E-state index in [9.17, 15) is 29.2 Å². The van der Waals surface area contributed by atoms with Gasteiger partial charge >= 0.3 is 6.03 Å². The molecule has 3 unspecified atom stereocenters. The molecule has 0 radical (unpaired) electrons. The van der Waals surface area contributed by atoms with E-state index in [0.29, 0.717) is 5.56 Å². The van der Waals surface area contributed by atoms with Crippen molar-refractivity contribution in [1.82, 2.24) is 30.0 Å². The minimum Gasteiger partial charge on any atom is -0.407 e. The molecule has 2 aromatic carbocycles. The first-order valence-corrected chi connectivity index (χ1v) is 25.3. The zero-order valence-electron chi connectivity index (χ0n) is 37.9. The van der Waals surface area contributed by atoms with Gasteiger partial charge in [-0.05, 0) is 76.2 Å². The Kier molecular flexibility index (Phi) is 16.8. The number of nitrogens with one attached hydrogen (secondary N) is 2. The number of hydrogen-bond acceptors (Lipinski definition) is 12. The van der Waals surface area contributed by atoms with Crippen LogP contribution in [-0.4, -0.2) is 140 Å². The zero-order chi connectivity index (χ0) is 46.2. The number of urea groups is 1. The summed E-state index contributed by atoms with van der Waals surface area (Å²) < 4.78 is 35.6. The number of ether oxygens (including phenoxy) is 2. The molecule has 19 heteroatoms. The predicted octanol–water partition coefficient (Wildman–Crippen LogP) is 5.83. The molecule has 0 saturated carbocycles. The Hall–Kier alpha value is -4.57. The second-order valence-electron chi connectivity index (χ2n) is 17.7. The lowest BCUT2D eigenvalue weighted by atomic mass is 10.1. The number of imide groups is 1. The van der Waals surface area contributed by atoms with Gasteiger partial charge in [0.15, 0.2) is 14.5 Å². The van der Waals surface area contributed by atoms with Crippen LogP contribution in [-0.2, 0) is 27.7 Å². The number of amides is 6. The van der Waals surface area contributed by atoms with Crippen LogP contribution in [0.25, 0.3) is 0 Å². The maximum atomic E-state index is 14.0. The molecule has 3 aliphatic heterocycles. The fourth-order valence-corrected chi connectivity index (χ4v) is 10.1. The molecule has 17 nitrogen and oxygen atoms in total. The van der Waals surface area contributed by atoms with Gasteiger partial charge in [0, 0.05) is 37.4 Å². The van der Waals surface area contributed by atoms with Crippen LogP contribution in [0.5, 0.6) is 0 Å². The summed E-state index contributed by atoms with van der Waals surface area (Å²) >= 11 is 0. The average Bonchev–Trinajstić information content (AvgIpc) is 3.67. The number of nitrogens with zero attached hydrogens (tertiary/aromatic N) is 5. The molecule has 3 aliphatic rings. The lowest BCUT2D eigenvalue weighted by molar-refractivity contribution is -0.131. The number of hydrogen-bond donors (Lipinski definition) is 2. The third kappa shape index (κ3) is 12.0. The van der Waals surface area contributed by atoms with Crippen molar-refractivity contribution in [3.05, 3.63) is 83.6 Å². The highest BCUT2D eigenvalue weighted by Crippen LogP contribution is 2.51. The highest BCUT2D eigenvalue weighted by Gasteiger charge is 2.55. The minimum absolute atomic E-state index is 0.0157. The van der Waals surface area contributed by atoms with E-state index in [-0.39, 0.29) is 66.9 Å². The van der Waals surface area contributed by atoms with Gasteiger partial charge in [0.1, 0.15) is 31.0 Å². The number of carbonyl (C=O) groups is 5. The van der Waals surface area contributed by atoms with Crippen molar-refractivity contribution in [2.24, 2.45) is 0 Å². The maximum absolute atomic E-state index is 14.0. The normalized spacial score (nSPS) is 21.8. The fraction of sp³-hybridized carbons (Fsp3) is 0.545. The molecule has 5 rings (SSSR count). The van der Waals surface area contributed by atoms with Gasteiger partial charge < -0.3 is 38.5 Å². The Balaban J connectivity index is 1.39. The second-order valence-corrected chi connectivity index (χ2v) is 23.8.